The van der Waals surface area contributed by atoms with Gasteiger partial charge in [-0.05, 0) is 120 Å². The van der Waals surface area contributed by atoms with E-state index in [-0.39, 0.29) is 164 Å². The monoisotopic (exact) mass is 1910 g/mol. The van der Waals surface area contributed by atoms with Crippen LogP contribution in [0.5, 0.6) is 17.2 Å². The zero-order valence-corrected chi connectivity index (χ0v) is 77.7. The first-order valence-electron chi connectivity index (χ1n) is 40.4. The number of hydrogen-bond acceptors (Lipinski definition) is 20. The Kier molecular flexibility index (Phi) is 39.8. The summed E-state index contributed by atoms with van der Waals surface area (Å²) in [7, 11) is -11.2. The topological polar surface area (TPSA) is 400 Å². The number of rotatable bonds is 35. The summed E-state index contributed by atoms with van der Waals surface area (Å²) >= 11 is 3.51. The van der Waals surface area contributed by atoms with Crippen molar-refractivity contribution in [3.63, 3.8) is 0 Å². The van der Waals surface area contributed by atoms with Crippen LogP contribution in [0.15, 0.2) is 164 Å². The van der Waals surface area contributed by atoms with Crippen LogP contribution in [0.3, 0.4) is 0 Å². The number of likely N-dealkylation sites (tertiary alicyclic amines) is 2. The average molecular weight is 1910 g/mol. The van der Waals surface area contributed by atoms with Crippen LogP contribution >= 0.6 is 50.5 Å². The van der Waals surface area contributed by atoms with Crippen LogP contribution < -0.4 is 35.5 Å². The van der Waals surface area contributed by atoms with Crippen molar-refractivity contribution < 1.29 is 117 Å². The number of alkyl halides is 3. The highest BCUT2D eigenvalue weighted by atomic mass is 79.9. The smallest absolute Gasteiger partial charge is 0.367 e. The number of ketones is 3. The maximum atomic E-state index is 14.4. The summed E-state index contributed by atoms with van der Waals surface area (Å²) in [6, 6.07) is 40.3. The van der Waals surface area contributed by atoms with Crippen LogP contribution in [0, 0.1) is 0 Å². The van der Waals surface area contributed by atoms with E-state index in [1.807, 2.05) is 91.0 Å². The van der Waals surface area contributed by atoms with Crippen molar-refractivity contribution in [2.45, 2.75) is 163 Å². The molecule has 0 aliphatic carbocycles. The van der Waals surface area contributed by atoms with E-state index >= 15 is 0 Å². The number of halogens is 5. The molecule has 6 aromatic carbocycles. The highest BCUT2D eigenvalue weighted by Crippen LogP contribution is 2.49. The lowest BCUT2D eigenvalue weighted by molar-refractivity contribution is -0.139. The van der Waals surface area contributed by atoms with Gasteiger partial charge < -0.3 is 92.0 Å². The van der Waals surface area contributed by atoms with Gasteiger partial charge in [0.2, 0.25) is 29.5 Å². The van der Waals surface area contributed by atoms with Gasteiger partial charge in [-0.15, -0.1) is 27.7 Å². The molecule has 0 radical (unpaired) electrons. The van der Waals surface area contributed by atoms with Crippen molar-refractivity contribution in [1.29, 1.82) is 0 Å². The molecule has 3 aromatic heterocycles. The van der Waals surface area contributed by atoms with Crippen LogP contribution in [0.25, 0.3) is 32.7 Å². The number of Topliss-reactive ketones (excluding diaryl/α,β-unsaturated/α-hetero) is 3. The summed E-state index contributed by atoms with van der Waals surface area (Å²) in [6.45, 7) is 18.0. The van der Waals surface area contributed by atoms with Gasteiger partial charge in [0, 0.05) is 113 Å². The van der Waals surface area contributed by atoms with Gasteiger partial charge in [0.05, 0.1) is 45.6 Å². The minimum absolute atomic E-state index is 0. The minimum atomic E-state index is -4.40. The Morgan fingerprint density at radius 1 is 0.468 bits per heavy atom. The number of benzene rings is 6. The summed E-state index contributed by atoms with van der Waals surface area (Å²) in [6.07, 6.45) is -0.261. The molecule has 6 atom stereocenters. The number of nitrogens with one attached hydrogen (secondary N) is 4. The predicted octanol–water partition coefficient (Wildman–Crippen LogP) is 14.5. The minimum Gasteiger partial charge on any atom is -0.481 e. The molecule has 0 unspecified atom stereocenters. The van der Waals surface area contributed by atoms with Crippen LogP contribution in [0.1, 0.15) is 115 Å². The van der Waals surface area contributed by atoms with Gasteiger partial charge in [-0.3, -0.25) is 56.8 Å². The number of nitrogens with zero attached hydrogens (tertiary/aromatic N) is 5. The summed E-state index contributed by atoms with van der Waals surface area (Å²) in [5.74, 6) is -2.72. The third-order valence-corrected chi connectivity index (χ3v) is 23.1. The number of carbonyl (C=O) groups excluding carboxylic acids is 8. The van der Waals surface area contributed by atoms with E-state index in [2.05, 4.69) is 56.2 Å². The lowest BCUT2D eigenvalue weighted by Crippen LogP contribution is -2.46. The summed E-state index contributed by atoms with van der Waals surface area (Å²) in [5, 5.41) is 21.8. The quantitative estimate of drug-likeness (QED) is 0.00839. The largest absolute Gasteiger partial charge is 0.481 e. The van der Waals surface area contributed by atoms with E-state index in [0.29, 0.717) is 61.9 Å². The van der Waals surface area contributed by atoms with E-state index in [1.165, 1.54) is 64.2 Å². The maximum absolute atomic E-state index is 14.4. The molecule has 3 aliphatic rings. The van der Waals surface area contributed by atoms with Gasteiger partial charge in [0.25, 0.3) is 0 Å². The molecule has 3 saturated heterocycles. The van der Waals surface area contributed by atoms with E-state index in [9.17, 15) is 70.0 Å². The van der Waals surface area contributed by atoms with Gasteiger partial charge in [-0.25, -0.2) is 13.2 Å². The van der Waals surface area contributed by atoms with Gasteiger partial charge in [-0.1, -0.05) is 111 Å². The number of ether oxygens (including phenoxy) is 3. The van der Waals surface area contributed by atoms with Crippen molar-refractivity contribution in [2.75, 3.05) is 65.1 Å². The van der Waals surface area contributed by atoms with Crippen LogP contribution in [-0.4, -0.2) is 200 Å². The van der Waals surface area contributed by atoms with Crippen LogP contribution in [0.4, 0.5) is 13.2 Å². The summed E-state index contributed by atoms with van der Waals surface area (Å²) in [5.41, 5.74) is 5.54. The number of fused-ring (bicyclic) bond motifs is 3. The highest BCUT2D eigenvalue weighted by Gasteiger charge is 2.42. The van der Waals surface area contributed by atoms with E-state index in [0.717, 1.165) is 16.7 Å². The van der Waals surface area contributed by atoms with Crippen LogP contribution in [0.2, 0.25) is 19.6 Å². The Hall–Kier alpha value is -9.64. The van der Waals surface area contributed by atoms with Crippen LogP contribution in [-0.2, 0) is 99.8 Å². The first-order chi connectivity index (χ1) is 59.2. The SMILES string of the molecule is CC(=O)c1cn(CC(=O)N2C[C@H](F)C[C@H]2C(=O)NCc2ccccc2)c2ccc(OCP(=O)(O)O)cc12.CCOP(=O)(COc1ccc2c(c1)c(C(C)=O)cn2CC(=O)N1C[C@H](F)C[C@H]1C(=O)NCc1ccccc1)OCC.CCOP(=O)(COc1ccc2c(c1)c(C(C)=O)cn2CC(=O)O)OCC.C[Si](C)(C)Br.Cl.O=C(NCc1ccccc1)[C@@H]1C[C@@H](F)CN1. The number of carbonyl (C=O) groups is 9. The number of carboxylic acid groups (broad SMARTS) is 1. The fourth-order valence-electron chi connectivity index (χ4n) is 13.7. The number of amides is 5. The van der Waals surface area contributed by atoms with Gasteiger partial charge in [0.1, 0.15) is 74.2 Å². The van der Waals surface area contributed by atoms with Gasteiger partial charge in [0.15, 0.2) is 36.4 Å². The molecule has 3 aliphatic heterocycles. The highest BCUT2D eigenvalue weighted by molar-refractivity contribution is 9.26. The normalized spacial score (nSPS) is 16.7. The lowest BCUT2D eigenvalue weighted by atomic mass is 10.1. The average Bonchev–Trinajstić information content (AvgIpc) is 1.63. The molecule has 40 heteroatoms. The molecule has 9 aromatic rings. The Labute approximate surface area is 743 Å². The Morgan fingerprint density at radius 2 is 0.778 bits per heavy atom. The van der Waals surface area contributed by atoms with E-state index < -0.39 is 96.0 Å². The molecule has 31 nitrogen and oxygen atoms in total. The standard InChI is InChI=1S/C29H35FN3O7P.C25H27FN3O7P.C17H22NO7P.C12H15FN2O.C3H9BrSi.ClH/c1-4-39-41(37,40-5-2)19-38-23-11-12-26-24(14-23)25(20(3)34)17-32(26)18-28(35)33-16-22(30)13-27(33)29(36)31-15-21-9-7-6-8-10-21;1-16(30)21-13-28(22-8-7-19(10-20(21)22)36-15-37(33,34)35)14-24(31)29-12-18(26)9-23(29)25(32)27-11-17-5-3-2-4-6-17;1-4-24-26(22,25-5-2)11-23-13-6-7-16-14(8-13)15(12(3)19)9-18(16)10-17(20)21;13-10-6-11(14-8-10)12(16)15-7-9-4-2-1-3-5-9;1-5(2,3)4;/h6-12,14,17,22,27H,4-5,13,15-16,18-19H2,1-3H3,(H,31,36);2-8,10,13,18,23H,9,11-12,14-15H2,1H3,(H,27,32)(H2,33,34,35);6-9H,4-5,10-11H2,1-3H3,(H,20,21);1-5,10-11,14H,6-8H2,(H,15,16);1-3H3;1H/t22-,27+;18-,23+;;10-,11+;;/m11.1../s1. The van der Waals surface area contributed by atoms with Crippen molar-refractivity contribution >= 4 is 143 Å². The zero-order chi connectivity index (χ0) is 91.5. The molecule has 7 N–H and O–H groups in total. The second-order valence-electron chi connectivity index (χ2n) is 30.2. The molecule has 3 fully saturated rings. The number of aromatic nitrogens is 3. The number of hydrogen-bond donors (Lipinski definition) is 7. The van der Waals surface area contributed by atoms with Gasteiger partial charge in [-0.2, -0.15) is 0 Å². The molecule has 0 bridgehead atoms. The molecule has 5 amide bonds. The molecular formula is C86H109BrClF3N9O22P3Si. The second kappa shape index (κ2) is 48.5. The molecule has 0 saturated carbocycles. The number of carboxylic acids is 1. The zero-order valence-electron chi connectivity index (χ0n) is 71.6. The molecule has 0 spiro atoms. The summed E-state index contributed by atoms with van der Waals surface area (Å²) in [4.78, 5) is 132. The van der Waals surface area contributed by atoms with E-state index in [4.69, 9.17) is 47.2 Å². The lowest BCUT2D eigenvalue weighted by Gasteiger charge is -2.24. The fraction of sp³-hybridized carbons (Fsp3) is 0.407. The first kappa shape index (κ1) is 103. The third kappa shape index (κ3) is 31.7. The molecular weight excluding hydrogens is 1800 g/mol. The Morgan fingerprint density at radius 3 is 1.06 bits per heavy atom. The third-order valence-electron chi connectivity index (χ3n) is 19.2. The van der Waals surface area contributed by atoms with E-state index in [1.54, 1.807) is 80.9 Å². The number of aliphatic carboxylic acids is 1. The molecule has 126 heavy (non-hydrogen) atoms. The fourth-order valence-corrected chi connectivity index (χ4v) is 16.6. The van der Waals surface area contributed by atoms with Gasteiger partial charge >= 0.3 is 28.8 Å². The molecule has 684 valence electrons. The van der Waals surface area contributed by atoms with Crippen molar-refractivity contribution in [3.8, 4) is 17.2 Å². The van der Waals surface area contributed by atoms with Crippen molar-refractivity contribution in [3.05, 3.63) is 198 Å². The van der Waals surface area contributed by atoms with Crippen molar-refractivity contribution in [2.24, 2.45) is 0 Å². The summed E-state index contributed by atoms with van der Waals surface area (Å²) < 4.78 is 120. The Balaban J connectivity index is 0.000000235. The molecule has 12 rings (SSSR count). The molecule has 6 heterocycles. The maximum Gasteiger partial charge on any atom is 0.367 e. The second-order valence-corrected chi connectivity index (χ2v) is 47.1. The first-order valence-corrected chi connectivity index (χ1v) is 51.4. The predicted molar refractivity (Wildman–Crippen MR) is 479 cm³/mol. The Bertz CT molecular complexity index is 5350. The van der Waals surface area contributed by atoms with Crippen molar-refractivity contribution in [1.82, 2.24) is 44.8 Å².